The minimum absolute atomic E-state index is 0.0543. The molecule has 0 bridgehead atoms. The van der Waals surface area contributed by atoms with Crippen molar-refractivity contribution < 1.29 is 22.7 Å². The second kappa shape index (κ2) is 6.15. The molecule has 0 aliphatic carbocycles. The molecule has 1 amide bonds. The van der Waals surface area contributed by atoms with Crippen LogP contribution >= 0.6 is 0 Å². The minimum atomic E-state index is -4.49. The zero-order chi connectivity index (χ0) is 15.5. The maximum absolute atomic E-state index is 12.5. The lowest BCUT2D eigenvalue weighted by molar-refractivity contribution is -0.141. The molecule has 116 valence electrons. The summed E-state index contributed by atoms with van der Waals surface area (Å²) in [7, 11) is 1.31. The van der Waals surface area contributed by atoms with E-state index in [2.05, 4.69) is 20.0 Å². The lowest BCUT2D eigenvalue weighted by Gasteiger charge is -2.31. The molecule has 1 aromatic rings. The number of rotatable bonds is 2. The highest BCUT2D eigenvalue weighted by Crippen LogP contribution is 2.27. The fourth-order valence-corrected chi connectivity index (χ4v) is 2.10. The van der Waals surface area contributed by atoms with Crippen molar-refractivity contribution in [2.75, 3.05) is 25.5 Å². The lowest BCUT2D eigenvalue weighted by Crippen LogP contribution is -2.42. The molecule has 1 aromatic heterocycles. The standard InChI is InChI=1S/C12H15F3N4O2/c1-21-11(20)19-6-3-8(4-7-19)17-10-16-5-2-9(18-10)12(13,14)15/h2,5,8H,3-4,6-7H2,1H3,(H,16,17,18). The summed E-state index contributed by atoms with van der Waals surface area (Å²) in [5.41, 5.74) is -0.980. The number of halogens is 3. The molecule has 2 rings (SSSR count). The number of methoxy groups -OCH3 is 1. The van der Waals surface area contributed by atoms with Crippen LogP contribution in [0.15, 0.2) is 12.3 Å². The zero-order valence-corrected chi connectivity index (χ0v) is 11.4. The van der Waals surface area contributed by atoms with Gasteiger partial charge in [0, 0.05) is 25.3 Å². The van der Waals surface area contributed by atoms with Gasteiger partial charge in [-0.05, 0) is 18.9 Å². The summed E-state index contributed by atoms with van der Waals surface area (Å²) in [6, 6.07) is 0.750. The van der Waals surface area contributed by atoms with Crippen LogP contribution in [0.2, 0.25) is 0 Å². The number of nitrogens with one attached hydrogen (secondary N) is 1. The third kappa shape index (κ3) is 3.96. The van der Waals surface area contributed by atoms with Gasteiger partial charge in [0.1, 0.15) is 5.69 Å². The maximum atomic E-state index is 12.5. The largest absolute Gasteiger partial charge is 0.453 e. The molecular weight excluding hydrogens is 289 g/mol. The van der Waals surface area contributed by atoms with Crippen molar-refractivity contribution in [3.63, 3.8) is 0 Å². The van der Waals surface area contributed by atoms with Gasteiger partial charge in [0.15, 0.2) is 0 Å². The second-order valence-electron chi connectivity index (χ2n) is 4.64. The molecule has 0 unspecified atom stereocenters. The van der Waals surface area contributed by atoms with Crippen LogP contribution in [0.4, 0.5) is 23.9 Å². The molecule has 0 aromatic carbocycles. The molecular formula is C12H15F3N4O2. The zero-order valence-electron chi connectivity index (χ0n) is 11.4. The van der Waals surface area contributed by atoms with Crippen molar-refractivity contribution in [2.45, 2.75) is 25.1 Å². The van der Waals surface area contributed by atoms with Gasteiger partial charge >= 0.3 is 12.3 Å². The average molecular weight is 304 g/mol. The van der Waals surface area contributed by atoms with Crippen molar-refractivity contribution in [1.29, 1.82) is 0 Å². The Bertz CT molecular complexity index is 502. The first-order chi connectivity index (χ1) is 9.90. The van der Waals surface area contributed by atoms with Gasteiger partial charge in [-0.25, -0.2) is 14.8 Å². The third-order valence-corrected chi connectivity index (χ3v) is 3.21. The van der Waals surface area contributed by atoms with Gasteiger partial charge in [-0.15, -0.1) is 0 Å². The van der Waals surface area contributed by atoms with E-state index in [4.69, 9.17) is 0 Å². The Labute approximate surface area is 119 Å². The SMILES string of the molecule is COC(=O)N1CCC(Nc2nccc(C(F)(F)F)n2)CC1. The van der Waals surface area contributed by atoms with E-state index in [1.807, 2.05) is 0 Å². The van der Waals surface area contributed by atoms with Crippen LogP contribution in [0.5, 0.6) is 0 Å². The number of alkyl halides is 3. The number of nitrogens with zero attached hydrogens (tertiary/aromatic N) is 3. The quantitative estimate of drug-likeness (QED) is 0.906. The van der Waals surface area contributed by atoms with Gasteiger partial charge in [0.25, 0.3) is 0 Å². The topological polar surface area (TPSA) is 67.3 Å². The predicted octanol–water partition coefficient (Wildman–Crippen LogP) is 2.14. The van der Waals surface area contributed by atoms with E-state index in [9.17, 15) is 18.0 Å². The first kappa shape index (κ1) is 15.3. The molecule has 0 radical (unpaired) electrons. The van der Waals surface area contributed by atoms with Crippen LogP contribution in [-0.2, 0) is 10.9 Å². The number of hydrogen-bond donors (Lipinski definition) is 1. The number of ether oxygens (including phenoxy) is 1. The first-order valence-corrected chi connectivity index (χ1v) is 6.40. The summed E-state index contributed by atoms with van der Waals surface area (Å²) in [5, 5.41) is 2.87. The van der Waals surface area contributed by atoms with E-state index in [1.165, 1.54) is 7.11 Å². The molecule has 1 N–H and O–H groups in total. The number of piperidine rings is 1. The van der Waals surface area contributed by atoms with Gasteiger partial charge in [-0.1, -0.05) is 0 Å². The maximum Gasteiger partial charge on any atom is 0.433 e. The Morgan fingerprint density at radius 2 is 2.10 bits per heavy atom. The Balaban J connectivity index is 1.93. The van der Waals surface area contributed by atoms with E-state index in [0.29, 0.717) is 25.9 Å². The summed E-state index contributed by atoms with van der Waals surface area (Å²) in [4.78, 5) is 20.1. The van der Waals surface area contributed by atoms with Crippen LogP contribution in [-0.4, -0.2) is 47.2 Å². The fraction of sp³-hybridized carbons (Fsp3) is 0.583. The van der Waals surface area contributed by atoms with Crippen molar-refractivity contribution in [3.05, 3.63) is 18.0 Å². The van der Waals surface area contributed by atoms with Crippen LogP contribution in [0.3, 0.4) is 0 Å². The minimum Gasteiger partial charge on any atom is -0.453 e. The molecule has 0 saturated carbocycles. The molecule has 0 spiro atoms. The molecule has 1 saturated heterocycles. The van der Waals surface area contributed by atoms with Crippen LogP contribution in [0.25, 0.3) is 0 Å². The Kier molecular flexibility index (Phi) is 4.49. The van der Waals surface area contributed by atoms with Crippen molar-refractivity contribution in [1.82, 2.24) is 14.9 Å². The number of anilines is 1. The van der Waals surface area contributed by atoms with E-state index < -0.39 is 18.0 Å². The van der Waals surface area contributed by atoms with E-state index in [-0.39, 0.29) is 12.0 Å². The summed E-state index contributed by atoms with van der Waals surface area (Å²) >= 11 is 0. The lowest BCUT2D eigenvalue weighted by atomic mass is 10.1. The number of aromatic nitrogens is 2. The van der Waals surface area contributed by atoms with Crippen molar-refractivity contribution in [3.8, 4) is 0 Å². The third-order valence-electron chi connectivity index (χ3n) is 3.21. The summed E-state index contributed by atoms with van der Waals surface area (Å²) < 4.78 is 42.3. The van der Waals surface area contributed by atoms with E-state index >= 15 is 0 Å². The van der Waals surface area contributed by atoms with Gasteiger partial charge in [-0.2, -0.15) is 13.2 Å². The van der Waals surface area contributed by atoms with Crippen molar-refractivity contribution in [2.24, 2.45) is 0 Å². The van der Waals surface area contributed by atoms with Crippen molar-refractivity contribution >= 4 is 12.0 Å². The van der Waals surface area contributed by atoms with E-state index in [0.717, 1.165) is 12.3 Å². The molecule has 2 heterocycles. The molecule has 1 aliphatic rings. The fourth-order valence-electron chi connectivity index (χ4n) is 2.10. The van der Waals surface area contributed by atoms with Gasteiger partial charge in [-0.3, -0.25) is 0 Å². The normalized spacial score (nSPS) is 16.7. The van der Waals surface area contributed by atoms with Crippen LogP contribution < -0.4 is 5.32 Å². The number of likely N-dealkylation sites (tertiary alicyclic amines) is 1. The van der Waals surface area contributed by atoms with Crippen LogP contribution in [0.1, 0.15) is 18.5 Å². The smallest absolute Gasteiger partial charge is 0.433 e. The Morgan fingerprint density at radius 1 is 1.43 bits per heavy atom. The molecule has 9 heteroatoms. The number of hydrogen-bond acceptors (Lipinski definition) is 5. The van der Waals surface area contributed by atoms with Crippen LogP contribution in [0, 0.1) is 0 Å². The highest BCUT2D eigenvalue weighted by atomic mass is 19.4. The summed E-state index contributed by atoms with van der Waals surface area (Å²) in [6.07, 6.45) is -2.64. The Hall–Kier alpha value is -2.06. The molecule has 21 heavy (non-hydrogen) atoms. The number of carbonyl (C=O) groups excluding carboxylic acids is 1. The van der Waals surface area contributed by atoms with Gasteiger partial charge in [0.05, 0.1) is 7.11 Å². The number of amides is 1. The first-order valence-electron chi connectivity index (χ1n) is 6.40. The number of carbonyl (C=O) groups is 1. The molecule has 6 nitrogen and oxygen atoms in total. The molecule has 1 aliphatic heterocycles. The summed E-state index contributed by atoms with van der Waals surface area (Å²) in [6.45, 7) is 0.951. The van der Waals surface area contributed by atoms with E-state index in [1.54, 1.807) is 4.90 Å². The average Bonchev–Trinajstić information content (AvgIpc) is 2.47. The summed E-state index contributed by atoms with van der Waals surface area (Å²) in [5.74, 6) is -0.0543. The Morgan fingerprint density at radius 3 is 2.67 bits per heavy atom. The highest BCUT2D eigenvalue weighted by Gasteiger charge is 2.33. The molecule has 0 atom stereocenters. The highest BCUT2D eigenvalue weighted by molar-refractivity contribution is 5.67. The monoisotopic (exact) mass is 304 g/mol. The van der Waals surface area contributed by atoms with Gasteiger partial charge in [0.2, 0.25) is 5.95 Å². The van der Waals surface area contributed by atoms with Gasteiger partial charge < -0.3 is 15.0 Å². The second-order valence-corrected chi connectivity index (χ2v) is 4.64. The molecule has 1 fully saturated rings. The predicted molar refractivity (Wildman–Crippen MR) is 67.7 cm³/mol.